The van der Waals surface area contributed by atoms with E-state index >= 15 is 0 Å². The van der Waals surface area contributed by atoms with Gasteiger partial charge in [0.05, 0.1) is 0 Å². The third-order valence-electron chi connectivity index (χ3n) is 5.73. The van der Waals surface area contributed by atoms with Gasteiger partial charge in [-0.1, -0.05) is 25.7 Å². The normalized spacial score (nSPS) is 21.1. The van der Waals surface area contributed by atoms with E-state index in [1.54, 1.807) is 10.7 Å². The topological polar surface area (TPSA) is 63.4 Å². The third-order valence-corrected chi connectivity index (χ3v) is 5.73. The molecule has 2 aromatic heterocycles. The molecule has 24 heavy (non-hydrogen) atoms. The minimum atomic E-state index is -0.0387. The summed E-state index contributed by atoms with van der Waals surface area (Å²) in [6.07, 6.45) is 11.9. The Kier molecular flexibility index (Phi) is 3.98. The van der Waals surface area contributed by atoms with Crippen LogP contribution >= 0.6 is 0 Å². The fourth-order valence-electron chi connectivity index (χ4n) is 4.41. The van der Waals surface area contributed by atoms with Gasteiger partial charge in [0.25, 0.3) is 11.7 Å². The van der Waals surface area contributed by atoms with E-state index in [0.717, 1.165) is 25.2 Å². The number of nitrogens with zero attached hydrogens (tertiary/aromatic N) is 5. The number of amides is 1. The number of piperidine rings is 1. The minimum absolute atomic E-state index is 0.0387. The summed E-state index contributed by atoms with van der Waals surface area (Å²) >= 11 is 0. The minimum Gasteiger partial charge on any atom is -0.335 e. The molecule has 2 aliphatic rings. The van der Waals surface area contributed by atoms with Crippen LogP contribution in [0.25, 0.3) is 5.78 Å². The average molecular weight is 327 g/mol. The lowest BCUT2D eigenvalue weighted by molar-refractivity contribution is 0.0454. The zero-order chi connectivity index (χ0) is 16.6. The summed E-state index contributed by atoms with van der Waals surface area (Å²) in [5.74, 6) is 0.741. The van der Waals surface area contributed by atoms with Crippen molar-refractivity contribution in [3.8, 4) is 0 Å². The van der Waals surface area contributed by atoms with Gasteiger partial charge >= 0.3 is 0 Å². The number of likely N-dealkylation sites (tertiary alicyclic amines) is 1. The molecule has 2 aromatic rings. The molecule has 0 radical (unpaired) electrons. The molecule has 1 aliphatic heterocycles. The highest BCUT2D eigenvalue weighted by Gasteiger charge is 2.38. The van der Waals surface area contributed by atoms with Crippen LogP contribution in [0.4, 0.5) is 0 Å². The SMILES string of the molecule is Cc1ccnc2nc(C(=O)N3CCCC4(CCCCCC4)C3)nn12. The summed E-state index contributed by atoms with van der Waals surface area (Å²) in [6.45, 7) is 3.63. The highest BCUT2D eigenvalue weighted by atomic mass is 16.2. The van der Waals surface area contributed by atoms with Crippen LogP contribution in [-0.2, 0) is 0 Å². The summed E-state index contributed by atoms with van der Waals surface area (Å²) in [5, 5.41) is 4.39. The van der Waals surface area contributed by atoms with E-state index in [1.807, 2.05) is 17.9 Å². The van der Waals surface area contributed by atoms with E-state index in [2.05, 4.69) is 15.1 Å². The average Bonchev–Trinajstić information content (AvgIpc) is 2.92. The van der Waals surface area contributed by atoms with Gasteiger partial charge in [0.15, 0.2) is 0 Å². The van der Waals surface area contributed by atoms with Gasteiger partial charge in [0.2, 0.25) is 5.82 Å². The van der Waals surface area contributed by atoms with Crippen LogP contribution in [0.1, 0.15) is 67.7 Å². The van der Waals surface area contributed by atoms with Gasteiger partial charge in [-0.2, -0.15) is 4.98 Å². The number of fused-ring (bicyclic) bond motifs is 1. The van der Waals surface area contributed by atoms with E-state index < -0.39 is 0 Å². The maximum Gasteiger partial charge on any atom is 0.293 e. The third kappa shape index (κ3) is 2.78. The number of hydrogen-bond acceptors (Lipinski definition) is 4. The molecular formula is C18H25N5O. The molecule has 1 spiro atoms. The quantitative estimate of drug-likeness (QED) is 0.808. The number of rotatable bonds is 1. The van der Waals surface area contributed by atoms with Crippen molar-refractivity contribution in [1.29, 1.82) is 0 Å². The van der Waals surface area contributed by atoms with Crippen LogP contribution in [-0.4, -0.2) is 43.5 Å². The summed E-state index contributed by atoms with van der Waals surface area (Å²) < 4.78 is 1.65. The summed E-state index contributed by atoms with van der Waals surface area (Å²) in [7, 11) is 0. The van der Waals surface area contributed by atoms with E-state index in [4.69, 9.17) is 0 Å². The lowest BCUT2D eigenvalue weighted by Gasteiger charge is -2.42. The smallest absolute Gasteiger partial charge is 0.293 e. The van der Waals surface area contributed by atoms with Crippen LogP contribution in [0.3, 0.4) is 0 Å². The molecule has 0 aromatic carbocycles. The van der Waals surface area contributed by atoms with Gasteiger partial charge in [-0.05, 0) is 44.1 Å². The highest BCUT2D eigenvalue weighted by Crippen LogP contribution is 2.42. The largest absolute Gasteiger partial charge is 0.335 e. The molecule has 128 valence electrons. The summed E-state index contributed by atoms with van der Waals surface area (Å²) in [6, 6.07) is 1.87. The van der Waals surface area contributed by atoms with E-state index in [9.17, 15) is 4.79 Å². The lowest BCUT2D eigenvalue weighted by Crippen LogP contribution is -2.46. The zero-order valence-corrected chi connectivity index (χ0v) is 14.4. The molecule has 4 rings (SSSR count). The van der Waals surface area contributed by atoms with Crippen molar-refractivity contribution < 1.29 is 4.79 Å². The van der Waals surface area contributed by atoms with E-state index in [0.29, 0.717) is 11.2 Å². The van der Waals surface area contributed by atoms with Crippen LogP contribution in [0.2, 0.25) is 0 Å². The highest BCUT2D eigenvalue weighted by molar-refractivity contribution is 5.91. The van der Waals surface area contributed by atoms with Crippen molar-refractivity contribution in [2.75, 3.05) is 13.1 Å². The van der Waals surface area contributed by atoms with Crippen LogP contribution in [0, 0.1) is 12.3 Å². The predicted molar refractivity (Wildman–Crippen MR) is 90.8 cm³/mol. The molecule has 0 atom stereocenters. The van der Waals surface area contributed by atoms with Crippen LogP contribution < -0.4 is 0 Å². The van der Waals surface area contributed by atoms with Crippen LogP contribution in [0.5, 0.6) is 0 Å². The maximum absolute atomic E-state index is 13.0. The maximum atomic E-state index is 13.0. The van der Waals surface area contributed by atoms with Gasteiger partial charge in [-0.3, -0.25) is 4.79 Å². The fraction of sp³-hybridized carbons (Fsp3) is 0.667. The molecular weight excluding hydrogens is 302 g/mol. The standard InChI is InChI=1S/C18H25N5O/c1-14-7-11-19-17-20-15(21-23(14)17)16(24)22-12-6-10-18(13-22)8-4-2-3-5-9-18/h7,11H,2-6,8-10,12-13H2,1H3. The molecule has 6 nitrogen and oxygen atoms in total. The Balaban J connectivity index is 1.57. The molecule has 3 heterocycles. The van der Waals surface area contributed by atoms with Crippen LogP contribution in [0.15, 0.2) is 12.3 Å². The first kappa shape index (κ1) is 15.5. The van der Waals surface area contributed by atoms with Gasteiger partial charge in [0.1, 0.15) is 0 Å². The fourth-order valence-corrected chi connectivity index (χ4v) is 4.41. The second-order valence-corrected chi connectivity index (χ2v) is 7.48. The van der Waals surface area contributed by atoms with E-state index in [1.165, 1.54) is 44.9 Å². The van der Waals surface area contributed by atoms with Gasteiger partial charge < -0.3 is 4.90 Å². The van der Waals surface area contributed by atoms with Gasteiger partial charge in [-0.15, -0.1) is 5.10 Å². The van der Waals surface area contributed by atoms with Crippen molar-refractivity contribution in [2.24, 2.45) is 5.41 Å². The molecule has 0 bridgehead atoms. The Labute approximate surface area is 142 Å². The molecule has 1 saturated carbocycles. The molecule has 0 unspecified atom stereocenters. The molecule has 2 fully saturated rings. The van der Waals surface area contributed by atoms with Gasteiger partial charge in [-0.25, -0.2) is 9.50 Å². The second-order valence-electron chi connectivity index (χ2n) is 7.48. The Morgan fingerprint density at radius 2 is 1.88 bits per heavy atom. The van der Waals surface area contributed by atoms with Gasteiger partial charge in [0, 0.05) is 25.0 Å². The lowest BCUT2D eigenvalue weighted by atomic mass is 9.74. The number of hydrogen-bond donors (Lipinski definition) is 0. The van der Waals surface area contributed by atoms with Crippen molar-refractivity contribution in [3.05, 3.63) is 23.8 Å². The number of aromatic nitrogens is 4. The first-order valence-corrected chi connectivity index (χ1v) is 9.15. The van der Waals surface area contributed by atoms with Crippen molar-refractivity contribution in [1.82, 2.24) is 24.5 Å². The zero-order valence-electron chi connectivity index (χ0n) is 14.4. The molecule has 6 heteroatoms. The molecule has 1 amide bonds. The predicted octanol–water partition coefficient (Wildman–Crippen LogP) is 3.01. The number of carbonyl (C=O) groups is 1. The molecule has 0 N–H and O–H groups in total. The second kappa shape index (κ2) is 6.15. The first-order valence-electron chi connectivity index (χ1n) is 9.15. The monoisotopic (exact) mass is 327 g/mol. The van der Waals surface area contributed by atoms with Crippen molar-refractivity contribution in [3.63, 3.8) is 0 Å². The summed E-state index contributed by atoms with van der Waals surface area (Å²) in [5.41, 5.74) is 1.27. The Morgan fingerprint density at radius 1 is 1.12 bits per heavy atom. The summed E-state index contributed by atoms with van der Waals surface area (Å²) in [4.78, 5) is 23.5. The number of aryl methyl sites for hydroxylation is 1. The molecule has 1 aliphatic carbocycles. The van der Waals surface area contributed by atoms with Crippen molar-refractivity contribution in [2.45, 2.75) is 58.3 Å². The number of carbonyl (C=O) groups excluding carboxylic acids is 1. The Bertz CT molecular complexity index is 745. The Hall–Kier alpha value is -1.98. The van der Waals surface area contributed by atoms with Crippen molar-refractivity contribution >= 4 is 11.7 Å². The first-order chi connectivity index (χ1) is 11.7. The Morgan fingerprint density at radius 3 is 2.62 bits per heavy atom. The molecule has 1 saturated heterocycles. The van der Waals surface area contributed by atoms with E-state index in [-0.39, 0.29) is 11.7 Å².